The maximum Gasteiger partial charge on any atom is 0.0426 e. The summed E-state index contributed by atoms with van der Waals surface area (Å²) in [6.07, 6.45) is 0.961. The van der Waals surface area contributed by atoms with Crippen LogP contribution in [0.5, 0.6) is 0 Å². The zero-order valence-electron chi connectivity index (χ0n) is 10.2. The van der Waals surface area contributed by atoms with Gasteiger partial charge in [-0.1, -0.05) is 41.4 Å². The van der Waals surface area contributed by atoms with Gasteiger partial charge in [0.25, 0.3) is 0 Å². The van der Waals surface area contributed by atoms with Crippen LogP contribution in [-0.4, -0.2) is 6.54 Å². The van der Waals surface area contributed by atoms with Gasteiger partial charge >= 0.3 is 0 Å². The Kier molecular flexibility index (Phi) is 4.51. The van der Waals surface area contributed by atoms with Gasteiger partial charge in [-0.25, -0.2) is 0 Å². The van der Waals surface area contributed by atoms with E-state index in [2.05, 4.69) is 24.4 Å². The van der Waals surface area contributed by atoms with E-state index in [1.165, 1.54) is 11.1 Å². The SMILES string of the molecule is Cc1ccc(Cl)cc1NCCc1ccc(Cl)cc1. The van der Waals surface area contributed by atoms with Crippen molar-refractivity contribution < 1.29 is 0 Å². The fraction of sp³-hybridized carbons (Fsp3) is 0.200. The van der Waals surface area contributed by atoms with Gasteiger partial charge in [0.15, 0.2) is 0 Å². The Bertz CT molecular complexity index is 521. The van der Waals surface area contributed by atoms with Gasteiger partial charge in [-0.05, 0) is 48.7 Å². The highest BCUT2D eigenvalue weighted by Gasteiger charge is 1.99. The maximum atomic E-state index is 5.98. The Morgan fingerprint density at radius 2 is 1.61 bits per heavy atom. The minimum Gasteiger partial charge on any atom is -0.384 e. The van der Waals surface area contributed by atoms with Crippen molar-refractivity contribution in [3.63, 3.8) is 0 Å². The van der Waals surface area contributed by atoms with E-state index in [4.69, 9.17) is 23.2 Å². The predicted molar refractivity (Wildman–Crippen MR) is 79.8 cm³/mol. The van der Waals surface area contributed by atoms with Gasteiger partial charge < -0.3 is 5.32 Å². The van der Waals surface area contributed by atoms with Crippen molar-refractivity contribution in [2.45, 2.75) is 13.3 Å². The standard InChI is InChI=1S/C15H15Cl2N/c1-11-2-5-14(17)10-15(11)18-9-8-12-3-6-13(16)7-4-12/h2-7,10,18H,8-9H2,1H3. The molecule has 0 heterocycles. The molecule has 0 saturated carbocycles. The van der Waals surface area contributed by atoms with Crippen LogP contribution in [0.3, 0.4) is 0 Å². The van der Waals surface area contributed by atoms with Crippen molar-refractivity contribution in [3.05, 3.63) is 63.6 Å². The molecule has 0 spiro atoms. The number of rotatable bonds is 4. The van der Waals surface area contributed by atoms with Gasteiger partial charge in [-0.2, -0.15) is 0 Å². The first-order valence-corrected chi connectivity index (χ1v) is 6.65. The van der Waals surface area contributed by atoms with Crippen LogP contribution in [0.15, 0.2) is 42.5 Å². The summed E-state index contributed by atoms with van der Waals surface area (Å²) in [5.41, 5.74) is 3.57. The molecule has 0 aliphatic heterocycles. The molecule has 3 heteroatoms. The fourth-order valence-electron chi connectivity index (χ4n) is 1.78. The van der Waals surface area contributed by atoms with Crippen LogP contribution in [0, 0.1) is 6.92 Å². The van der Waals surface area contributed by atoms with E-state index in [9.17, 15) is 0 Å². The molecular weight excluding hydrogens is 265 g/mol. The van der Waals surface area contributed by atoms with E-state index in [0.717, 1.165) is 28.7 Å². The molecule has 18 heavy (non-hydrogen) atoms. The molecule has 0 saturated heterocycles. The molecule has 1 nitrogen and oxygen atoms in total. The summed E-state index contributed by atoms with van der Waals surface area (Å²) >= 11 is 11.8. The highest BCUT2D eigenvalue weighted by Crippen LogP contribution is 2.20. The molecule has 0 aromatic heterocycles. The number of hydrogen-bond donors (Lipinski definition) is 1. The normalized spacial score (nSPS) is 10.4. The summed E-state index contributed by atoms with van der Waals surface area (Å²) in [5, 5.41) is 4.93. The number of hydrogen-bond acceptors (Lipinski definition) is 1. The number of anilines is 1. The molecule has 0 bridgehead atoms. The first kappa shape index (κ1) is 13.3. The molecule has 0 aliphatic carbocycles. The molecule has 2 rings (SSSR count). The Labute approximate surface area is 118 Å². The Balaban J connectivity index is 1.92. The number of benzene rings is 2. The molecule has 2 aromatic rings. The molecule has 0 radical (unpaired) electrons. The van der Waals surface area contributed by atoms with Gasteiger partial charge in [-0.15, -0.1) is 0 Å². The molecule has 2 aromatic carbocycles. The molecule has 0 fully saturated rings. The zero-order chi connectivity index (χ0) is 13.0. The lowest BCUT2D eigenvalue weighted by molar-refractivity contribution is 1.02. The first-order chi connectivity index (χ1) is 8.65. The number of halogens is 2. The molecule has 1 N–H and O–H groups in total. The van der Waals surface area contributed by atoms with Gasteiger partial charge in [0.1, 0.15) is 0 Å². The van der Waals surface area contributed by atoms with Crippen molar-refractivity contribution in [2.24, 2.45) is 0 Å². The lowest BCUT2D eigenvalue weighted by Gasteiger charge is -2.10. The number of aryl methyl sites for hydroxylation is 1. The van der Waals surface area contributed by atoms with E-state index in [1.807, 2.05) is 30.3 Å². The van der Waals surface area contributed by atoms with Gasteiger partial charge in [0.05, 0.1) is 0 Å². The average Bonchev–Trinajstić information content (AvgIpc) is 2.36. The van der Waals surface area contributed by atoms with Crippen LogP contribution >= 0.6 is 23.2 Å². The fourth-order valence-corrected chi connectivity index (χ4v) is 2.08. The molecule has 0 aliphatic rings. The van der Waals surface area contributed by atoms with Crippen molar-refractivity contribution in [1.29, 1.82) is 0 Å². The monoisotopic (exact) mass is 279 g/mol. The Hall–Kier alpha value is -1.18. The summed E-state index contributed by atoms with van der Waals surface area (Å²) in [6.45, 7) is 2.95. The third kappa shape index (κ3) is 3.66. The zero-order valence-corrected chi connectivity index (χ0v) is 11.7. The van der Waals surface area contributed by atoms with Crippen LogP contribution in [-0.2, 0) is 6.42 Å². The molecule has 0 unspecified atom stereocenters. The second kappa shape index (κ2) is 6.12. The topological polar surface area (TPSA) is 12.0 Å². The van der Waals surface area contributed by atoms with E-state index in [0.29, 0.717) is 0 Å². The third-order valence-electron chi connectivity index (χ3n) is 2.84. The Morgan fingerprint density at radius 3 is 2.33 bits per heavy atom. The van der Waals surface area contributed by atoms with Crippen molar-refractivity contribution in [3.8, 4) is 0 Å². The highest BCUT2D eigenvalue weighted by atomic mass is 35.5. The van der Waals surface area contributed by atoms with E-state index < -0.39 is 0 Å². The maximum absolute atomic E-state index is 5.98. The van der Waals surface area contributed by atoms with Crippen LogP contribution in [0.4, 0.5) is 5.69 Å². The summed E-state index contributed by atoms with van der Waals surface area (Å²) in [7, 11) is 0. The van der Waals surface area contributed by atoms with Crippen LogP contribution in [0.2, 0.25) is 10.0 Å². The smallest absolute Gasteiger partial charge is 0.0426 e. The third-order valence-corrected chi connectivity index (χ3v) is 3.33. The summed E-state index contributed by atoms with van der Waals surface area (Å²) in [6, 6.07) is 13.8. The minimum absolute atomic E-state index is 0.759. The second-order valence-corrected chi connectivity index (χ2v) is 5.14. The largest absolute Gasteiger partial charge is 0.384 e. The van der Waals surface area contributed by atoms with E-state index in [-0.39, 0.29) is 0 Å². The first-order valence-electron chi connectivity index (χ1n) is 5.89. The molecule has 0 amide bonds. The van der Waals surface area contributed by atoms with Crippen molar-refractivity contribution in [1.82, 2.24) is 0 Å². The Morgan fingerprint density at radius 1 is 0.944 bits per heavy atom. The summed E-state index contributed by atoms with van der Waals surface area (Å²) in [5.74, 6) is 0. The van der Waals surface area contributed by atoms with Gasteiger partial charge in [0, 0.05) is 22.3 Å². The van der Waals surface area contributed by atoms with Crippen LogP contribution in [0.25, 0.3) is 0 Å². The molecule has 94 valence electrons. The van der Waals surface area contributed by atoms with E-state index in [1.54, 1.807) is 0 Å². The lowest BCUT2D eigenvalue weighted by Crippen LogP contribution is -2.05. The van der Waals surface area contributed by atoms with E-state index >= 15 is 0 Å². The average molecular weight is 280 g/mol. The van der Waals surface area contributed by atoms with Crippen molar-refractivity contribution >= 4 is 28.9 Å². The van der Waals surface area contributed by atoms with Crippen LogP contribution in [0.1, 0.15) is 11.1 Å². The van der Waals surface area contributed by atoms with Gasteiger partial charge in [0.2, 0.25) is 0 Å². The highest BCUT2D eigenvalue weighted by molar-refractivity contribution is 6.31. The quantitative estimate of drug-likeness (QED) is 0.835. The predicted octanol–water partition coefficient (Wildman–Crippen LogP) is 4.96. The molecule has 0 atom stereocenters. The second-order valence-electron chi connectivity index (χ2n) is 4.26. The minimum atomic E-state index is 0.759. The molecular formula is C15H15Cl2N. The summed E-state index contributed by atoms with van der Waals surface area (Å²) < 4.78 is 0. The number of nitrogens with one attached hydrogen (secondary N) is 1. The van der Waals surface area contributed by atoms with Crippen molar-refractivity contribution in [2.75, 3.05) is 11.9 Å². The summed E-state index contributed by atoms with van der Waals surface area (Å²) in [4.78, 5) is 0. The lowest BCUT2D eigenvalue weighted by atomic mass is 10.1. The van der Waals surface area contributed by atoms with Crippen LogP contribution < -0.4 is 5.32 Å². The van der Waals surface area contributed by atoms with Gasteiger partial charge in [-0.3, -0.25) is 0 Å².